The van der Waals surface area contributed by atoms with E-state index in [0.29, 0.717) is 12.5 Å². The van der Waals surface area contributed by atoms with E-state index in [1.807, 2.05) is 0 Å². The van der Waals surface area contributed by atoms with Gasteiger partial charge in [-0.25, -0.2) is 9.59 Å². The van der Waals surface area contributed by atoms with Crippen LogP contribution < -0.4 is 10.6 Å². The molecular formula is C16H22N2O3. The molecule has 1 aromatic rings. The van der Waals surface area contributed by atoms with Crippen LogP contribution in [0.5, 0.6) is 0 Å². The zero-order valence-corrected chi connectivity index (χ0v) is 12.3. The summed E-state index contributed by atoms with van der Waals surface area (Å²) in [5, 5.41) is 14.6. The molecule has 0 spiro atoms. The number of hydrogen-bond acceptors (Lipinski definition) is 2. The number of rotatable bonds is 5. The fraction of sp³-hybridized carbons (Fsp3) is 0.500. The van der Waals surface area contributed by atoms with Gasteiger partial charge in [0.25, 0.3) is 0 Å². The lowest BCUT2D eigenvalue weighted by molar-refractivity contribution is 0.0697. The molecule has 3 N–H and O–H groups in total. The van der Waals surface area contributed by atoms with Gasteiger partial charge in [0.1, 0.15) is 0 Å². The molecular weight excluding hydrogens is 268 g/mol. The maximum Gasteiger partial charge on any atom is 0.335 e. The quantitative estimate of drug-likeness (QED) is 0.780. The molecule has 1 atom stereocenters. The predicted octanol–water partition coefficient (Wildman–Crippen LogP) is 2.76. The molecule has 0 radical (unpaired) electrons. The van der Waals surface area contributed by atoms with Crippen molar-refractivity contribution < 1.29 is 14.7 Å². The van der Waals surface area contributed by atoms with Crippen molar-refractivity contribution in [3.63, 3.8) is 0 Å². The number of amides is 2. The van der Waals surface area contributed by atoms with Gasteiger partial charge in [-0.15, -0.1) is 0 Å². The number of hydrogen-bond donors (Lipinski definition) is 3. The van der Waals surface area contributed by atoms with Gasteiger partial charge in [0.2, 0.25) is 0 Å². The number of benzene rings is 1. The van der Waals surface area contributed by atoms with Crippen molar-refractivity contribution >= 4 is 12.0 Å². The highest BCUT2D eigenvalue weighted by Crippen LogP contribution is 2.27. The van der Waals surface area contributed by atoms with E-state index in [1.165, 1.54) is 25.7 Å². The third-order valence-electron chi connectivity index (χ3n) is 4.12. The summed E-state index contributed by atoms with van der Waals surface area (Å²) in [5.74, 6) is -0.358. The SMILES string of the molecule is CC(NC(=O)NCc1ccc(C(=O)O)cc1)C1CCCC1. The minimum Gasteiger partial charge on any atom is -0.478 e. The van der Waals surface area contributed by atoms with Crippen LogP contribution in [-0.2, 0) is 6.54 Å². The van der Waals surface area contributed by atoms with Gasteiger partial charge in [-0.2, -0.15) is 0 Å². The molecule has 1 unspecified atom stereocenters. The second-order valence-corrected chi connectivity index (χ2v) is 5.66. The van der Waals surface area contributed by atoms with Crippen LogP contribution in [0.4, 0.5) is 4.79 Å². The highest BCUT2D eigenvalue weighted by molar-refractivity contribution is 5.87. The molecule has 0 aromatic heterocycles. The van der Waals surface area contributed by atoms with E-state index >= 15 is 0 Å². The van der Waals surface area contributed by atoms with Crippen LogP contribution in [0, 0.1) is 5.92 Å². The average Bonchev–Trinajstić information content (AvgIpc) is 3.00. The minimum absolute atomic E-state index is 0.170. The van der Waals surface area contributed by atoms with Gasteiger partial charge in [-0.1, -0.05) is 25.0 Å². The Labute approximate surface area is 124 Å². The largest absolute Gasteiger partial charge is 0.478 e. The van der Waals surface area contributed by atoms with E-state index in [-0.39, 0.29) is 17.6 Å². The number of carbonyl (C=O) groups excluding carboxylic acids is 1. The Balaban J connectivity index is 1.76. The number of urea groups is 1. The van der Waals surface area contributed by atoms with Gasteiger partial charge < -0.3 is 15.7 Å². The Kier molecular flexibility index (Phi) is 5.20. The van der Waals surface area contributed by atoms with Crippen molar-refractivity contribution in [2.24, 2.45) is 5.92 Å². The van der Waals surface area contributed by atoms with Gasteiger partial charge in [-0.3, -0.25) is 0 Å². The molecule has 1 aliphatic rings. The Morgan fingerprint density at radius 1 is 1.24 bits per heavy atom. The first kappa shape index (κ1) is 15.4. The molecule has 0 aliphatic heterocycles. The Hall–Kier alpha value is -2.04. The number of nitrogens with one attached hydrogen (secondary N) is 2. The number of carboxylic acid groups (broad SMARTS) is 1. The fourth-order valence-corrected chi connectivity index (χ4v) is 2.78. The van der Waals surface area contributed by atoms with Crippen molar-refractivity contribution in [2.45, 2.75) is 45.2 Å². The van der Waals surface area contributed by atoms with E-state index in [2.05, 4.69) is 17.6 Å². The van der Waals surface area contributed by atoms with Gasteiger partial charge in [0.05, 0.1) is 5.56 Å². The molecule has 114 valence electrons. The zero-order chi connectivity index (χ0) is 15.2. The van der Waals surface area contributed by atoms with Gasteiger partial charge in [0, 0.05) is 12.6 Å². The van der Waals surface area contributed by atoms with Crippen LogP contribution in [0.3, 0.4) is 0 Å². The van der Waals surface area contributed by atoms with Gasteiger partial charge in [-0.05, 0) is 43.4 Å². The Morgan fingerprint density at radius 3 is 2.43 bits per heavy atom. The maximum absolute atomic E-state index is 11.8. The molecule has 1 aromatic carbocycles. The average molecular weight is 290 g/mol. The van der Waals surface area contributed by atoms with Crippen molar-refractivity contribution in [3.8, 4) is 0 Å². The first-order chi connectivity index (χ1) is 10.1. The predicted molar refractivity (Wildman–Crippen MR) is 80.2 cm³/mol. The molecule has 5 nitrogen and oxygen atoms in total. The number of aromatic carboxylic acids is 1. The molecule has 2 rings (SSSR count). The van der Waals surface area contributed by atoms with E-state index < -0.39 is 5.97 Å². The lowest BCUT2D eigenvalue weighted by Crippen LogP contribution is -2.43. The maximum atomic E-state index is 11.8. The third-order valence-corrected chi connectivity index (χ3v) is 4.12. The molecule has 5 heteroatoms. The first-order valence-corrected chi connectivity index (χ1v) is 7.43. The first-order valence-electron chi connectivity index (χ1n) is 7.43. The Bertz CT molecular complexity index is 493. The summed E-state index contributed by atoms with van der Waals surface area (Å²) in [4.78, 5) is 22.6. The van der Waals surface area contributed by atoms with Crippen LogP contribution in [-0.4, -0.2) is 23.1 Å². The van der Waals surface area contributed by atoms with E-state index in [0.717, 1.165) is 5.56 Å². The van der Waals surface area contributed by atoms with Gasteiger partial charge in [0.15, 0.2) is 0 Å². The fourth-order valence-electron chi connectivity index (χ4n) is 2.78. The summed E-state index contributed by atoms with van der Waals surface area (Å²) in [6, 6.07) is 6.53. The molecule has 0 heterocycles. The zero-order valence-electron chi connectivity index (χ0n) is 12.3. The summed E-state index contributed by atoms with van der Waals surface area (Å²) in [6.07, 6.45) is 4.90. The molecule has 0 bridgehead atoms. The highest BCUT2D eigenvalue weighted by atomic mass is 16.4. The molecule has 1 saturated carbocycles. The topological polar surface area (TPSA) is 78.4 Å². The van der Waals surface area contributed by atoms with E-state index in [9.17, 15) is 9.59 Å². The molecule has 0 saturated heterocycles. The second-order valence-electron chi connectivity index (χ2n) is 5.66. The lowest BCUT2D eigenvalue weighted by Gasteiger charge is -2.20. The summed E-state index contributed by atoms with van der Waals surface area (Å²) < 4.78 is 0. The van der Waals surface area contributed by atoms with Crippen molar-refractivity contribution in [1.29, 1.82) is 0 Å². The highest BCUT2D eigenvalue weighted by Gasteiger charge is 2.22. The van der Waals surface area contributed by atoms with Crippen molar-refractivity contribution in [1.82, 2.24) is 10.6 Å². The van der Waals surface area contributed by atoms with Crippen LogP contribution in [0.2, 0.25) is 0 Å². The summed E-state index contributed by atoms with van der Waals surface area (Å²) in [5.41, 5.74) is 1.13. The van der Waals surface area contributed by atoms with Crippen molar-refractivity contribution in [3.05, 3.63) is 35.4 Å². The minimum atomic E-state index is -0.947. The summed E-state index contributed by atoms with van der Waals surface area (Å²) in [6.45, 7) is 2.44. The summed E-state index contributed by atoms with van der Waals surface area (Å²) >= 11 is 0. The van der Waals surface area contributed by atoms with Gasteiger partial charge >= 0.3 is 12.0 Å². The van der Waals surface area contributed by atoms with E-state index in [1.54, 1.807) is 24.3 Å². The molecule has 1 aliphatic carbocycles. The van der Waals surface area contributed by atoms with Crippen LogP contribution in [0.25, 0.3) is 0 Å². The Morgan fingerprint density at radius 2 is 1.86 bits per heavy atom. The van der Waals surface area contributed by atoms with E-state index in [4.69, 9.17) is 5.11 Å². The standard InChI is InChI=1S/C16H22N2O3/c1-11(13-4-2-3-5-13)18-16(21)17-10-12-6-8-14(9-7-12)15(19)20/h6-9,11,13H,2-5,10H2,1H3,(H,19,20)(H2,17,18,21). The molecule has 21 heavy (non-hydrogen) atoms. The smallest absolute Gasteiger partial charge is 0.335 e. The molecule has 1 fully saturated rings. The van der Waals surface area contributed by atoms with Crippen LogP contribution >= 0.6 is 0 Å². The van der Waals surface area contributed by atoms with Crippen LogP contribution in [0.1, 0.15) is 48.5 Å². The van der Waals surface area contributed by atoms with Crippen LogP contribution in [0.15, 0.2) is 24.3 Å². The third kappa shape index (κ3) is 4.48. The normalized spacial score (nSPS) is 16.4. The lowest BCUT2D eigenvalue weighted by atomic mass is 10.0. The second kappa shape index (κ2) is 7.11. The monoisotopic (exact) mass is 290 g/mol. The van der Waals surface area contributed by atoms with Crippen molar-refractivity contribution in [2.75, 3.05) is 0 Å². The molecule has 2 amide bonds. The number of carboxylic acids is 1. The summed E-state index contributed by atoms with van der Waals surface area (Å²) in [7, 11) is 0. The number of carbonyl (C=O) groups is 2.